The molecule has 6 nitrogen and oxygen atoms in total. The molecule has 0 amide bonds. The molecule has 4 fully saturated rings. The summed E-state index contributed by atoms with van der Waals surface area (Å²) in [7, 11) is 0. The monoisotopic (exact) mass is 460 g/mol. The number of cyclic esters (lactones) is 1. The Morgan fingerprint density at radius 1 is 1.06 bits per heavy atom. The third kappa shape index (κ3) is 3.58. The van der Waals surface area contributed by atoms with Gasteiger partial charge in [0.15, 0.2) is 0 Å². The van der Waals surface area contributed by atoms with Crippen LogP contribution in [0.25, 0.3) is 0 Å². The van der Waals surface area contributed by atoms with Crippen LogP contribution in [0.1, 0.15) is 86.0 Å². The van der Waals surface area contributed by atoms with E-state index in [9.17, 15) is 14.7 Å². The number of carbonyl (C=O) groups is 2. The van der Waals surface area contributed by atoms with Crippen LogP contribution in [0.4, 0.5) is 0 Å². The van der Waals surface area contributed by atoms with Gasteiger partial charge in [-0.15, -0.1) is 0 Å². The molecule has 0 aromatic carbocycles. The summed E-state index contributed by atoms with van der Waals surface area (Å²) in [4.78, 5) is 23.8. The van der Waals surface area contributed by atoms with Gasteiger partial charge in [-0.25, -0.2) is 4.79 Å². The van der Waals surface area contributed by atoms with Crippen molar-refractivity contribution in [1.29, 1.82) is 0 Å². The molecule has 9 atom stereocenters. The molecule has 2 aliphatic heterocycles. The number of aliphatic hydroxyl groups is 1. The lowest BCUT2D eigenvalue weighted by molar-refractivity contribution is -0.270. The van der Waals surface area contributed by atoms with Gasteiger partial charge in [0, 0.05) is 24.5 Å². The van der Waals surface area contributed by atoms with Crippen LogP contribution in [0.2, 0.25) is 0 Å². The predicted octanol–water partition coefficient (Wildman–Crippen LogP) is 4.74. The highest BCUT2D eigenvalue weighted by Crippen LogP contribution is 2.70. The quantitative estimate of drug-likeness (QED) is 0.600. The lowest BCUT2D eigenvalue weighted by atomic mass is 9.38. The van der Waals surface area contributed by atoms with E-state index in [4.69, 9.17) is 14.2 Å². The van der Waals surface area contributed by atoms with Crippen LogP contribution < -0.4 is 0 Å². The number of fused-ring (bicyclic) bond motifs is 5. The third-order valence-corrected chi connectivity index (χ3v) is 10.6. The fraction of sp³-hybridized carbons (Fsp3) is 0.852. The van der Waals surface area contributed by atoms with Crippen molar-refractivity contribution >= 4 is 11.9 Å². The van der Waals surface area contributed by atoms with Gasteiger partial charge in [0.05, 0.1) is 6.10 Å². The molecule has 0 bridgehead atoms. The first-order valence-electron chi connectivity index (χ1n) is 12.9. The van der Waals surface area contributed by atoms with Crippen LogP contribution >= 0.6 is 0 Å². The Morgan fingerprint density at radius 3 is 2.48 bits per heavy atom. The molecule has 1 saturated heterocycles. The van der Waals surface area contributed by atoms with Crippen molar-refractivity contribution in [2.75, 3.05) is 0 Å². The summed E-state index contributed by atoms with van der Waals surface area (Å²) < 4.78 is 16.9. The summed E-state index contributed by atoms with van der Waals surface area (Å²) >= 11 is 0. The second-order valence-electron chi connectivity index (χ2n) is 12.6. The van der Waals surface area contributed by atoms with Gasteiger partial charge in [-0.3, -0.25) is 4.79 Å². The highest BCUT2D eigenvalue weighted by atomic mass is 16.7. The lowest BCUT2D eigenvalue weighted by Gasteiger charge is -2.67. The molecule has 3 aliphatic carbocycles. The summed E-state index contributed by atoms with van der Waals surface area (Å²) in [6.45, 7) is 11.4. The number of rotatable bonds is 2. The first-order chi connectivity index (χ1) is 15.5. The number of hydrogen-bond donors (Lipinski definition) is 1. The normalized spacial score (nSPS) is 48.6. The minimum Gasteiger partial charge on any atom is -0.436 e. The van der Waals surface area contributed by atoms with Crippen molar-refractivity contribution in [3.8, 4) is 0 Å². The summed E-state index contributed by atoms with van der Waals surface area (Å²) in [6.07, 6.45) is 8.07. The van der Waals surface area contributed by atoms with Crippen molar-refractivity contribution in [2.24, 2.45) is 39.9 Å². The maximum atomic E-state index is 12.0. The van der Waals surface area contributed by atoms with Crippen LogP contribution in [-0.4, -0.2) is 35.7 Å². The smallest absolute Gasteiger partial charge is 0.333 e. The van der Waals surface area contributed by atoms with E-state index < -0.39 is 24.7 Å². The zero-order valence-corrected chi connectivity index (χ0v) is 20.8. The molecule has 184 valence electrons. The summed E-state index contributed by atoms with van der Waals surface area (Å²) in [5.41, 5.74) is 1.26. The summed E-state index contributed by atoms with van der Waals surface area (Å²) in [5, 5.41) is 10.3. The van der Waals surface area contributed by atoms with Crippen molar-refractivity contribution in [3.63, 3.8) is 0 Å². The molecule has 1 N–H and O–H groups in total. The SMILES string of the molecule is CC(=O)O[C@@H]1O[C@@H](C2=CC(=O)O[C@H]2O)C[C@@H]2[C@@H]1CC[C@H]1[C@@]2(C)CC[C@H]2C(C)(C)CCC[C@]12C. The second-order valence-corrected chi connectivity index (χ2v) is 12.6. The van der Waals surface area contributed by atoms with Crippen LogP contribution in [0.3, 0.4) is 0 Å². The first-order valence-corrected chi connectivity index (χ1v) is 12.9. The standard InChI is InChI=1S/C27H40O6/c1-15(28)31-24-16-7-8-21-26(4,12-9-20-25(2,3)10-6-11-27(20,21)5)18(16)14-19(32-24)17-13-22(29)33-23(17)30/h13,16,18-21,23-24,30H,6-12,14H2,1-5H3/t16-,18+,19+,20-,21-,23+,24+,26-,27-/m0/s1. The highest BCUT2D eigenvalue weighted by Gasteiger charge is 2.64. The predicted molar refractivity (Wildman–Crippen MR) is 121 cm³/mol. The highest BCUT2D eigenvalue weighted by molar-refractivity contribution is 5.85. The van der Waals surface area contributed by atoms with E-state index in [0.29, 0.717) is 28.2 Å². The minimum atomic E-state index is -1.28. The van der Waals surface area contributed by atoms with Crippen molar-refractivity contribution in [2.45, 2.75) is 105 Å². The minimum absolute atomic E-state index is 0.108. The zero-order chi connectivity index (χ0) is 23.8. The van der Waals surface area contributed by atoms with Gasteiger partial charge in [-0.2, -0.15) is 0 Å². The largest absolute Gasteiger partial charge is 0.436 e. The van der Waals surface area contributed by atoms with Gasteiger partial charge < -0.3 is 19.3 Å². The fourth-order valence-electron chi connectivity index (χ4n) is 9.32. The number of esters is 2. The van der Waals surface area contributed by atoms with Crippen molar-refractivity contribution in [3.05, 3.63) is 11.6 Å². The molecular weight excluding hydrogens is 420 g/mol. The van der Waals surface area contributed by atoms with E-state index in [1.165, 1.54) is 45.1 Å². The number of aliphatic hydroxyl groups excluding tert-OH is 1. The van der Waals surface area contributed by atoms with E-state index in [1.54, 1.807) is 0 Å². The molecule has 0 spiro atoms. The molecule has 5 aliphatic rings. The molecular formula is C27H40O6. The maximum Gasteiger partial charge on any atom is 0.333 e. The van der Waals surface area contributed by atoms with E-state index in [2.05, 4.69) is 27.7 Å². The maximum absolute atomic E-state index is 12.0. The Labute approximate surface area is 197 Å². The molecule has 0 aromatic heterocycles. The Balaban J connectivity index is 1.50. The summed E-state index contributed by atoms with van der Waals surface area (Å²) in [6, 6.07) is 0. The number of hydrogen-bond acceptors (Lipinski definition) is 6. The Morgan fingerprint density at radius 2 is 1.82 bits per heavy atom. The van der Waals surface area contributed by atoms with Gasteiger partial charge in [0.25, 0.3) is 0 Å². The van der Waals surface area contributed by atoms with Gasteiger partial charge >= 0.3 is 11.9 Å². The third-order valence-electron chi connectivity index (χ3n) is 10.6. The summed E-state index contributed by atoms with van der Waals surface area (Å²) in [5.74, 6) is 0.882. The lowest BCUT2D eigenvalue weighted by Crippen LogP contribution is -2.62. The van der Waals surface area contributed by atoms with Gasteiger partial charge in [-0.1, -0.05) is 34.1 Å². The van der Waals surface area contributed by atoms with Crippen LogP contribution in [0.5, 0.6) is 0 Å². The van der Waals surface area contributed by atoms with E-state index in [-0.39, 0.29) is 17.3 Å². The molecule has 5 rings (SSSR count). The van der Waals surface area contributed by atoms with Crippen LogP contribution in [-0.2, 0) is 23.8 Å². The van der Waals surface area contributed by atoms with Gasteiger partial charge in [0.2, 0.25) is 12.6 Å². The van der Waals surface area contributed by atoms with Gasteiger partial charge in [-0.05, 0) is 78.9 Å². The number of carbonyl (C=O) groups excluding carboxylic acids is 2. The Hall–Kier alpha value is -1.40. The average Bonchev–Trinajstić information content (AvgIpc) is 3.04. The second kappa shape index (κ2) is 7.81. The first kappa shape index (κ1) is 23.3. The Bertz CT molecular complexity index is 863. The zero-order valence-electron chi connectivity index (χ0n) is 20.8. The molecule has 3 saturated carbocycles. The fourth-order valence-corrected chi connectivity index (χ4v) is 9.32. The van der Waals surface area contributed by atoms with Gasteiger partial charge in [0.1, 0.15) is 0 Å². The van der Waals surface area contributed by atoms with E-state index in [0.717, 1.165) is 25.2 Å². The topological polar surface area (TPSA) is 82.1 Å². The molecule has 0 unspecified atom stereocenters. The van der Waals surface area contributed by atoms with E-state index >= 15 is 0 Å². The van der Waals surface area contributed by atoms with Crippen LogP contribution in [0.15, 0.2) is 11.6 Å². The number of ether oxygens (including phenoxy) is 3. The van der Waals surface area contributed by atoms with Crippen molar-refractivity contribution < 1.29 is 28.9 Å². The van der Waals surface area contributed by atoms with Crippen molar-refractivity contribution in [1.82, 2.24) is 0 Å². The molecule has 6 heteroatoms. The average molecular weight is 461 g/mol. The van der Waals surface area contributed by atoms with Crippen LogP contribution in [0, 0.1) is 39.9 Å². The Kier molecular flexibility index (Phi) is 5.52. The van der Waals surface area contributed by atoms with E-state index in [1.807, 2.05) is 0 Å². The molecule has 0 aromatic rings. The molecule has 2 heterocycles. The molecule has 33 heavy (non-hydrogen) atoms. The molecule has 0 radical (unpaired) electrons.